The van der Waals surface area contributed by atoms with Gasteiger partial charge in [-0.3, -0.25) is 14.6 Å². The number of ether oxygens (including phenoxy) is 4. The molecule has 0 saturated carbocycles. The van der Waals surface area contributed by atoms with Crippen LogP contribution >= 0.6 is 0 Å². The van der Waals surface area contributed by atoms with Crippen LogP contribution in [0.3, 0.4) is 0 Å². The molecular formula is C33H33NO6. The van der Waals surface area contributed by atoms with E-state index in [2.05, 4.69) is 0 Å². The molecule has 7 nitrogen and oxygen atoms in total. The van der Waals surface area contributed by atoms with Gasteiger partial charge in [0.15, 0.2) is 17.3 Å². The Morgan fingerprint density at radius 2 is 1.62 bits per heavy atom. The lowest BCUT2D eigenvalue weighted by Crippen LogP contribution is -2.38. The number of carbonyl (C=O) groups is 2. The number of aliphatic imine (C=N–C) groups is 1. The van der Waals surface area contributed by atoms with E-state index in [1.807, 2.05) is 79.7 Å². The number of nitrogens with zero attached hydrogens (tertiary/aromatic N) is 1. The van der Waals surface area contributed by atoms with Gasteiger partial charge in [-0.1, -0.05) is 36.4 Å². The summed E-state index contributed by atoms with van der Waals surface area (Å²) in [5, 5.41) is 0. The SMILES string of the molecule is CCOC(=O)C1C(C)=NC2=C(C(=O)C[C@@H](c3ccc(OC)c(OC)c3)C2)[C@H]1c1cccc(Oc2ccccc2)c1. The molecule has 7 heteroatoms. The Morgan fingerprint density at radius 3 is 2.35 bits per heavy atom. The highest BCUT2D eigenvalue weighted by atomic mass is 16.5. The van der Waals surface area contributed by atoms with E-state index in [1.165, 1.54) is 0 Å². The van der Waals surface area contributed by atoms with Crippen LogP contribution in [0.25, 0.3) is 0 Å². The minimum Gasteiger partial charge on any atom is -0.493 e. The van der Waals surface area contributed by atoms with Gasteiger partial charge >= 0.3 is 5.97 Å². The Kier molecular flexibility index (Phi) is 8.01. The largest absolute Gasteiger partial charge is 0.493 e. The van der Waals surface area contributed by atoms with Crippen LogP contribution in [0, 0.1) is 5.92 Å². The summed E-state index contributed by atoms with van der Waals surface area (Å²) in [6, 6.07) is 22.8. The molecule has 3 aromatic rings. The lowest BCUT2D eigenvalue weighted by molar-refractivity contribution is -0.146. The van der Waals surface area contributed by atoms with E-state index >= 15 is 0 Å². The maximum atomic E-state index is 13.9. The number of para-hydroxylation sites is 1. The second-order valence-electron chi connectivity index (χ2n) is 9.95. The van der Waals surface area contributed by atoms with Crippen LogP contribution in [0.2, 0.25) is 0 Å². The molecule has 0 aromatic heterocycles. The lowest BCUT2D eigenvalue weighted by Gasteiger charge is -2.36. The zero-order valence-corrected chi connectivity index (χ0v) is 23.2. The summed E-state index contributed by atoms with van der Waals surface area (Å²) in [6.45, 7) is 3.86. The van der Waals surface area contributed by atoms with Crippen molar-refractivity contribution in [1.29, 1.82) is 0 Å². The summed E-state index contributed by atoms with van der Waals surface area (Å²) in [7, 11) is 3.19. The standard InChI is InChI=1S/C33H33NO6/c1-5-39-33(36)30-20(2)34-26-17-23(21-14-15-28(37-3)29(19-21)38-4)18-27(35)32(26)31(30)22-10-9-13-25(16-22)40-24-11-7-6-8-12-24/h6-16,19,23,30-31H,5,17-18H2,1-4H3/t23-,30?,31-/m0/s1. The summed E-state index contributed by atoms with van der Waals surface area (Å²) in [4.78, 5) is 32.0. The first-order valence-electron chi connectivity index (χ1n) is 13.5. The van der Waals surface area contributed by atoms with Gasteiger partial charge in [0.1, 0.15) is 17.4 Å². The zero-order chi connectivity index (χ0) is 28.2. The number of rotatable bonds is 8. The monoisotopic (exact) mass is 539 g/mol. The van der Waals surface area contributed by atoms with Gasteiger partial charge < -0.3 is 18.9 Å². The van der Waals surface area contributed by atoms with Crippen molar-refractivity contribution < 1.29 is 28.5 Å². The van der Waals surface area contributed by atoms with E-state index in [4.69, 9.17) is 23.9 Å². The molecule has 0 N–H and O–H groups in total. The van der Waals surface area contributed by atoms with Crippen molar-refractivity contribution in [2.24, 2.45) is 10.9 Å². The molecule has 206 valence electrons. The Bertz CT molecular complexity index is 1480. The molecule has 0 bridgehead atoms. The van der Waals surface area contributed by atoms with Crippen LogP contribution < -0.4 is 14.2 Å². The lowest BCUT2D eigenvalue weighted by atomic mass is 9.69. The minimum absolute atomic E-state index is 0.0223. The number of ketones is 1. The number of hydrogen-bond acceptors (Lipinski definition) is 7. The number of benzene rings is 3. The van der Waals surface area contributed by atoms with Crippen molar-refractivity contribution in [3.05, 3.63) is 95.2 Å². The molecule has 3 atom stereocenters. The number of methoxy groups -OCH3 is 2. The van der Waals surface area contributed by atoms with Crippen LogP contribution in [0.4, 0.5) is 0 Å². The molecular weight excluding hydrogens is 506 g/mol. The first-order valence-corrected chi connectivity index (χ1v) is 13.5. The number of hydrogen-bond donors (Lipinski definition) is 0. The number of carbonyl (C=O) groups excluding carboxylic acids is 2. The van der Waals surface area contributed by atoms with Crippen LogP contribution in [-0.2, 0) is 14.3 Å². The highest BCUT2D eigenvalue weighted by molar-refractivity contribution is 6.09. The molecule has 0 fully saturated rings. The molecule has 3 aromatic carbocycles. The van der Waals surface area contributed by atoms with E-state index in [-0.39, 0.29) is 24.3 Å². The summed E-state index contributed by atoms with van der Waals surface area (Å²) in [6.07, 6.45) is 0.870. The van der Waals surface area contributed by atoms with Gasteiger partial charge in [0.25, 0.3) is 0 Å². The molecule has 0 saturated heterocycles. The van der Waals surface area contributed by atoms with Crippen LogP contribution in [0.1, 0.15) is 49.7 Å². The van der Waals surface area contributed by atoms with E-state index in [0.717, 1.165) is 11.1 Å². The second-order valence-corrected chi connectivity index (χ2v) is 9.95. The molecule has 1 heterocycles. The van der Waals surface area contributed by atoms with Gasteiger partial charge in [-0.25, -0.2) is 0 Å². The topological polar surface area (TPSA) is 83.4 Å². The molecule has 5 rings (SSSR count). The predicted octanol–water partition coefficient (Wildman–Crippen LogP) is 6.63. The number of Topliss-reactive ketones (excluding diaryl/α,β-unsaturated/α-hetero) is 1. The van der Waals surface area contributed by atoms with Gasteiger partial charge in [-0.15, -0.1) is 0 Å². The third-order valence-electron chi connectivity index (χ3n) is 7.50. The molecule has 0 amide bonds. The molecule has 1 aliphatic carbocycles. The molecule has 1 unspecified atom stereocenters. The third kappa shape index (κ3) is 5.37. The summed E-state index contributed by atoms with van der Waals surface area (Å²) >= 11 is 0. The minimum atomic E-state index is -0.702. The van der Waals surface area contributed by atoms with Crippen molar-refractivity contribution in [2.45, 2.75) is 38.5 Å². The normalized spacial score (nSPS) is 20.4. The van der Waals surface area contributed by atoms with E-state index in [1.54, 1.807) is 21.1 Å². The fourth-order valence-electron chi connectivity index (χ4n) is 5.70. The molecule has 2 aliphatic rings. The maximum absolute atomic E-state index is 13.9. The van der Waals surface area contributed by atoms with Gasteiger partial charge in [0, 0.05) is 29.3 Å². The van der Waals surface area contributed by atoms with Gasteiger partial charge in [0.05, 0.1) is 20.8 Å². The predicted molar refractivity (Wildman–Crippen MR) is 152 cm³/mol. The quantitative estimate of drug-likeness (QED) is 0.299. The number of esters is 1. The van der Waals surface area contributed by atoms with Crippen molar-refractivity contribution in [3.8, 4) is 23.0 Å². The zero-order valence-electron chi connectivity index (χ0n) is 23.2. The Morgan fingerprint density at radius 1 is 0.875 bits per heavy atom. The highest BCUT2D eigenvalue weighted by Crippen LogP contribution is 2.48. The molecule has 1 aliphatic heterocycles. The van der Waals surface area contributed by atoms with Gasteiger partial charge in [-0.05, 0) is 73.7 Å². The molecule has 0 spiro atoms. The Hall–Kier alpha value is -4.39. The smallest absolute Gasteiger partial charge is 0.315 e. The first kappa shape index (κ1) is 27.2. The molecule has 0 radical (unpaired) electrons. The number of allylic oxidation sites excluding steroid dienone is 2. The van der Waals surface area contributed by atoms with E-state index in [0.29, 0.717) is 52.8 Å². The van der Waals surface area contributed by atoms with Crippen LogP contribution in [0.5, 0.6) is 23.0 Å². The van der Waals surface area contributed by atoms with Crippen molar-refractivity contribution in [3.63, 3.8) is 0 Å². The van der Waals surface area contributed by atoms with Crippen molar-refractivity contribution in [2.75, 3.05) is 20.8 Å². The summed E-state index contributed by atoms with van der Waals surface area (Å²) < 4.78 is 22.4. The first-order chi connectivity index (χ1) is 19.4. The van der Waals surface area contributed by atoms with E-state index < -0.39 is 11.8 Å². The fourth-order valence-corrected chi connectivity index (χ4v) is 5.70. The second kappa shape index (κ2) is 11.8. The summed E-state index contributed by atoms with van der Waals surface area (Å²) in [5.74, 6) is 0.873. The van der Waals surface area contributed by atoms with Crippen molar-refractivity contribution in [1.82, 2.24) is 0 Å². The average Bonchev–Trinajstić information content (AvgIpc) is 2.96. The Balaban J connectivity index is 1.55. The van der Waals surface area contributed by atoms with Crippen LogP contribution in [-0.4, -0.2) is 38.3 Å². The molecule has 40 heavy (non-hydrogen) atoms. The van der Waals surface area contributed by atoms with E-state index in [9.17, 15) is 9.59 Å². The van der Waals surface area contributed by atoms with Gasteiger partial charge in [0.2, 0.25) is 0 Å². The maximum Gasteiger partial charge on any atom is 0.315 e. The summed E-state index contributed by atoms with van der Waals surface area (Å²) in [5.41, 5.74) is 3.72. The van der Waals surface area contributed by atoms with Gasteiger partial charge in [-0.2, -0.15) is 0 Å². The fraction of sp³-hybridized carbons (Fsp3) is 0.303. The average molecular weight is 540 g/mol. The van der Waals surface area contributed by atoms with Crippen molar-refractivity contribution >= 4 is 17.5 Å². The Labute approximate surface area is 234 Å². The van der Waals surface area contributed by atoms with Crippen LogP contribution in [0.15, 0.2) is 89.1 Å². The third-order valence-corrected chi connectivity index (χ3v) is 7.50. The highest BCUT2D eigenvalue weighted by Gasteiger charge is 2.45.